The number of anilines is 2. The van der Waals surface area contributed by atoms with Crippen molar-refractivity contribution in [3.63, 3.8) is 0 Å². The number of para-hydroxylation sites is 1. The minimum Gasteiger partial charge on any atom is -0.373 e. The third-order valence-corrected chi connectivity index (χ3v) is 4.77. The first-order valence-corrected chi connectivity index (χ1v) is 8.24. The molecule has 3 rings (SSSR count). The average Bonchev–Trinajstić information content (AvgIpc) is 2.86. The van der Waals surface area contributed by atoms with Crippen molar-refractivity contribution in [3.05, 3.63) is 56.5 Å². The zero-order valence-corrected chi connectivity index (χ0v) is 14.6. The maximum atomic E-state index is 12.5. The monoisotopic (exact) mass is 408 g/mol. The van der Waals surface area contributed by atoms with Crippen molar-refractivity contribution in [3.8, 4) is 0 Å². The van der Waals surface area contributed by atoms with Gasteiger partial charge in [-0.2, -0.15) is 0 Å². The Labute approximate surface area is 140 Å². The lowest BCUT2D eigenvalue weighted by molar-refractivity contribution is -0.116. The van der Waals surface area contributed by atoms with Crippen LogP contribution in [0, 0.1) is 6.92 Å². The molecule has 1 heterocycles. The number of rotatable bonds is 2. The van der Waals surface area contributed by atoms with Crippen molar-refractivity contribution in [2.45, 2.75) is 19.4 Å². The number of benzene rings is 2. The molecular weight excluding hydrogens is 396 g/mol. The molecule has 0 saturated carbocycles. The molecule has 3 nitrogen and oxygen atoms in total. The molecule has 2 aromatic carbocycles. The molecule has 2 N–H and O–H groups in total. The smallest absolute Gasteiger partial charge is 0.247 e. The minimum atomic E-state index is -0.234. The van der Waals surface area contributed by atoms with Crippen molar-refractivity contribution in [1.29, 1.82) is 0 Å². The van der Waals surface area contributed by atoms with E-state index in [1.165, 1.54) is 5.56 Å². The van der Waals surface area contributed by atoms with Crippen molar-refractivity contribution in [1.82, 2.24) is 0 Å². The number of halogens is 2. The van der Waals surface area contributed by atoms with Crippen molar-refractivity contribution in [2.24, 2.45) is 0 Å². The summed E-state index contributed by atoms with van der Waals surface area (Å²) in [6, 6.07) is 11.7. The third-order valence-electron chi connectivity index (χ3n) is 3.52. The minimum absolute atomic E-state index is 0.0311. The molecule has 0 aromatic heterocycles. The molecule has 21 heavy (non-hydrogen) atoms. The van der Waals surface area contributed by atoms with Gasteiger partial charge in [0.15, 0.2) is 0 Å². The standard InChI is InChI=1S/C16H14Br2N2O/c1-9-6-11(17)15(12(18)7-9)20-16(21)14-8-10-4-2-3-5-13(10)19-14/h2-7,14,19H,8H2,1H3,(H,20,21). The molecule has 0 radical (unpaired) electrons. The fourth-order valence-electron chi connectivity index (χ4n) is 2.49. The number of hydrogen-bond donors (Lipinski definition) is 2. The van der Waals surface area contributed by atoms with Crippen LogP contribution >= 0.6 is 31.9 Å². The van der Waals surface area contributed by atoms with E-state index in [4.69, 9.17) is 0 Å². The number of amides is 1. The van der Waals surface area contributed by atoms with Gasteiger partial charge in [-0.3, -0.25) is 4.79 Å². The summed E-state index contributed by atoms with van der Waals surface area (Å²) in [4.78, 5) is 12.5. The average molecular weight is 410 g/mol. The van der Waals surface area contributed by atoms with E-state index >= 15 is 0 Å². The molecule has 0 saturated heterocycles. The van der Waals surface area contributed by atoms with Gasteiger partial charge in [0.1, 0.15) is 6.04 Å². The Hall–Kier alpha value is -1.33. The highest BCUT2D eigenvalue weighted by molar-refractivity contribution is 9.11. The van der Waals surface area contributed by atoms with Gasteiger partial charge in [-0.15, -0.1) is 0 Å². The molecule has 2 aromatic rings. The topological polar surface area (TPSA) is 41.1 Å². The molecule has 5 heteroatoms. The Balaban J connectivity index is 1.77. The van der Waals surface area contributed by atoms with Gasteiger partial charge >= 0.3 is 0 Å². The van der Waals surface area contributed by atoms with Gasteiger partial charge in [-0.1, -0.05) is 18.2 Å². The lowest BCUT2D eigenvalue weighted by Crippen LogP contribution is -2.33. The van der Waals surface area contributed by atoms with Crippen LogP contribution in [0.25, 0.3) is 0 Å². The van der Waals surface area contributed by atoms with Crippen LogP contribution in [0.2, 0.25) is 0 Å². The number of carbonyl (C=O) groups excluding carboxylic acids is 1. The summed E-state index contributed by atoms with van der Waals surface area (Å²) in [5.41, 5.74) is 4.11. The Kier molecular flexibility index (Phi) is 4.04. The summed E-state index contributed by atoms with van der Waals surface area (Å²) in [5, 5.41) is 6.25. The van der Waals surface area contributed by atoms with E-state index in [1.54, 1.807) is 0 Å². The first-order valence-electron chi connectivity index (χ1n) is 6.65. The molecule has 0 fully saturated rings. The molecule has 1 amide bonds. The van der Waals surface area contributed by atoms with Crippen LogP contribution in [0.15, 0.2) is 45.3 Å². The highest BCUT2D eigenvalue weighted by Crippen LogP contribution is 2.33. The molecule has 1 aliphatic rings. The summed E-state index contributed by atoms with van der Waals surface area (Å²) in [6.45, 7) is 2.01. The summed E-state index contributed by atoms with van der Waals surface area (Å²) in [6.07, 6.45) is 0.711. The van der Waals surface area contributed by atoms with Gasteiger partial charge in [-0.25, -0.2) is 0 Å². The summed E-state index contributed by atoms with van der Waals surface area (Å²) < 4.78 is 1.75. The molecule has 0 aliphatic carbocycles. The number of fused-ring (bicyclic) bond motifs is 1. The predicted molar refractivity (Wildman–Crippen MR) is 92.8 cm³/mol. The van der Waals surface area contributed by atoms with Crippen LogP contribution in [0.4, 0.5) is 11.4 Å². The second-order valence-electron chi connectivity index (χ2n) is 5.15. The molecule has 1 atom stereocenters. The summed E-state index contributed by atoms with van der Waals surface area (Å²) in [7, 11) is 0. The fourth-order valence-corrected chi connectivity index (χ4v) is 4.10. The van der Waals surface area contributed by atoms with E-state index in [0.29, 0.717) is 6.42 Å². The van der Waals surface area contributed by atoms with Gasteiger partial charge in [0.25, 0.3) is 0 Å². The van der Waals surface area contributed by atoms with E-state index in [1.807, 2.05) is 43.3 Å². The maximum Gasteiger partial charge on any atom is 0.247 e. The lowest BCUT2D eigenvalue weighted by atomic mass is 10.1. The van der Waals surface area contributed by atoms with E-state index in [9.17, 15) is 4.79 Å². The highest BCUT2D eigenvalue weighted by Gasteiger charge is 2.27. The van der Waals surface area contributed by atoms with Crippen LogP contribution in [0.1, 0.15) is 11.1 Å². The van der Waals surface area contributed by atoms with Crippen molar-refractivity contribution in [2.75, 3.05) is 10.6 Å². The lowest BCUT2D eigenvalue weighted by Gasteiger charge is -2.15. The largest absolute Gasteiger partial charge is 0.373 e. The number of carbonyl (C=O) groups is 1. The second-order valence-corrected chi connectivity index (χ2v) is 6.86. The Morgan fingerprint density at radius 2 is 1.90 bits per heavy atom. The molecular formula is C16H14Br2N2O. The normalized spacial score (nSPS) is 16.2. The predicted octanol–water partition coefficient (Wildman–Crippen LogP) is 4.50. The van der Waals surface area contributed by atoms with Gasteiger partial charge < -0.3 is 10.6 Å². The number of aryl methyl sites for hydroxylation is 1. The van der Waals surface area contributed by atoms with Crippen molar-refractivity contribution < 1.29 is 4.79 Å². The summed E-state index contributed by atoms with van der Waals surface area (Å²) in [5.74, 6) is -0.0311. The first kappa shape index (κ1) is 14.6. The fraction of sp³-hybridized carbons (Fsp3) is 0.188. The van der Waals surface area contributed by atoms with E-state index in [0.717, 1.165) is 25.9 Å². The van der Waals surface area contributed by atoms with Crippen LogP contribution < -0.4 is 10.6 Å². The van der Waals surface area contributed by atoms with E-state index < -0.39 is 0 Å². The first-order chi connectivity index (χ1) is 10.0. The van der Waals surface area contributed by atoms with Gasteiger partial charge in [0, 0.05) is 21.1 Å². The van der Waals surface area contributed by atoms with Crippen molar-refractivity contribution >= 4 is 49.1 Å². The molecule has 0 bridgehead atoms. The summed E-state index contributed by atoms with van der Waals surface area (Å²) >= 11 is 7.00. The van der Waals surface area contributed by atoms with Gasteiger partial charge in [0.05, 0.1) is 5.69 Å². The molecule has 1 unspecified atom stereocenters. The zero-order chi connectivity index (χ0) is 15.0. The highest BCUT2D eigenvalue weighted by atomic mass is 79.9. The van der Waals surface area contributed by atoms with Crippen LogP contribution in [0.5, 0.6) is 0 Å². The Morgan fingerprint density at radius 1 is 1.24 bits per heavy atom. The number of nitrogens with one attached hydrogen (secondary N) is 2. The molecule has 0 spiro atoms. The van der Waals surface area contributed by atoms with E-state index in [2.05, 4.69) is 42.5 Å². The van der Waals surface area contributed by atoms with Gasteiger partial charge in [0.2, 0.25) is 5.91 Å². The number of hydrogen-bond acceptors (Lipinski definition) is 2. The van der Waals surface area contributed by atoms with Gasteiger partial charge in [-0.05, 0) is 68.1 Å². The van der Waals surface area contributed by atoms with Crippen LogP contribution in [-0.2, 0) is 11.2 Å². The van der Waals surface area contributed by atoms with E-state index in [-0.39, 0.29) is 11.9 Å². The molecule has 108 valence electrons. The SMILES string of the molecule is Cc1cc(Br)c(NC(=O)C2Cc3ccccc3N2)c(Br)c1. The quantitative estimate of drug-likeness (QED) is 0.766. The third kappa shape index (κ3) is 2.99. The Morgan fingerprint density at radius 3 is 2.57 bits per heavy atom. The Bertz CT molecular complexity index is 667. The second kappa shape index (κ2) is 5.81. The zero-order valence-electron chi connectivity index (χ0n) is 11.4. The molecule has 1 aliphatic heterocycles. The van der Waals surface area contributed by atoms with Crippen LogP contribution in [0.3, 0.4) is 0 Å². The maximum absolute atomic E-state index is 12.5. The van der Waals surface area contributed by atoms with Crippen LogP contribution in [-0.4, -0.2) is 11.9 Å².